The van der Waals surface area contributed by atoms with Crippen LogP contribution in [0.1, 0.15) is 290 Å². The van der Waals surface area contributed by atoms with E-state index in [0.29, 0.717) is 19.3 Å². The summed E-state index contributed by atoms with van der Waals surface area (Å²) in [6.07, 6.45) is 81.1. The summed E-state index contributed by atoms with van der Waals surface area (Å²) in [5, 5.41) is 20.6. The average Bonchev–Trinajstić information content (AvgIpc) is 1.81. The zero-order valence-corrected chi connectivity index (χ0v) is 61.1. The van der Waals surface area contributed by atoms with Crippen LogP contribution in [-0.2, 0) is 55.8 Å². The van der Waals surface area contributed by atoms with Crippen molar-refractivity contribution < 1.29 is 75.8 Å². The number of carbonyl (C=O) groups excluding carboxylic acids is 3. The van der Waals surface area contributed by atoms with Crippen molar-refractivity contribution in [1.82, 2.24) is 0 Å². The summed E-state index contributed by atoms with van der Waals surface area (Å²) in [5.74, 6) is -1.61. The Hall–Kier alpha value is -4.05. The summed E-state index contributed by atoms with van der Waals surface area (Å²) in [6.45, 7) is 2.43. The van der Waals surface area contributed by atoms with Gasteiger partial charge in [0, 0.05) is 19.3 Å². The van der Waals surface area contributed by atoms with Gasteiger partial charge in [-0.3, -0.25) is 32.5 Å². The Bertz CT molecular complexity index is 2210. The minimum absolute atomic E-state index is 0.0835. The molecular weight excluding hydrogens is 1240 g/mol. The van der Waals surface area contributed by atoms with Crippen LogP contribution in [0.5, 0.6) is 0 Å². The standard InChI is InChI=1S/C77H132O16P2/c1-4-7-10-13-16-19-22-25-27-29-31-32-33-34-35-36-37-38-40-42-43-46-48-51-54-57-60-63-75(80)87-66-72(78)67-89-94(83,84)90-68-73(79)69-91-95(85,86)92-71-74(93-77(82)65-62-59-56-53-50-45-24-21-18-15-12-9-6-3)70-88-76(81)64-61-58-55-52-49-47-44-41-39-30-28-26-23-20-17-14-11-8-5-2/h7,10,12,15-17,19-21,24-28,31-32,34-35,39,41,72-74,78-79H,4-6,8-9,11,13-14,18,22-23,29-30,33,36-38,40,42-71H2,1-3H3,(H,83,84)(H,85,86)/b10-7-,15-12-,19-16-,20-17-,24-21-,27-25-,28-26-,32-31-,35-34-,41-39-. The fourth-order valence-electron chi connectivity index (χ4n) is 9.52. The quantitative estimate of drug-likeness (QED) is 0.0146. The van der Waals surface area contributed by atoms with E-state index in [4.69, 9.17) is 32.3 Å². The molecule has 0 spiro atoms. The van der Waals surface area contributed by atoms with Crippen LogP contribution < -0.4 is 0 Å². The van der Waals surface area contributed by atoms with E-state index in [9.17, 15) is 43.5 Å². The van der Waals surface area contributed by atoms with Crippen LogP contribution >= 0.6 is 15.6 Å². The molecule has 546 valence electrons. The van der Waals surface area contributed by atoms with Crippen molar-refractivity contribution in [3.8, 4) is 0 Å². The number of aliphatic hydroxyl groups excluding tert-OH is 2. The Morgan fingerprint density at radius 1 is 0.305 bits per heavy atom. The van der Waals surface area contributed by atoms with E-state index in [1.807, 2.05) is 0 Å². The van der Waals surface area contributed by atoms with E-state index >= 15 is 0 Å². The third kappa shape index (κ3) is 71.1. The summed E-state index contributed by atoms with van der Waals surface area (Å²) < 4.78 is 61.0. The number of hydrogen-bond donors (Lipinski definition) is 4. The molecule has 4 N–H and O–H groups in total. The van der Waals surface area contributed by atoms with Gasteiger partial charge in [-0.15, -0.1) is 0 Å². The molecule has 0 fully saturated rings. The molecule has 0 aliphatic heterocycles. The Balaban J connectivity index is 4.53. The third-order valence-corrected chi connectivity index (χ3v) is 17.0. The lowest BCUT2D eigenvalue weighted by Gasteiger charge is -2.21. The molecule has 0 saturated carbocycles. The van der Waals surface area contributed by atoms with Crippen molar-refractivity contribution in [2.75, 3.05) is 39.6 Å². The number of allylic oxidation sites excluding steroid dienone is 20. The van der Waals surface area contributed by atoms with Gasteiger partial charge in [0.05, 0.1) is 26.4 Å². The molecule has 0 bridgehead atoms. The molecule has 0 aromatic rings. The van der Waals surface area contributed by atoms with Crippen LogP contribution in [0, 0.1) is 0 Å². The smallest absolute Gasteiger partial charge is 0.463 e. The molecule has 0 aromatic heterocycles. The SMILES string of the molecule is CC/C=C\C/C=C\C/C=C\C/C=C\C/C=C\CCCCCCCCCCCCCC(=O)OCC(O)COP(=O)(O)OCC(O)COP(=O)(O)OCC(COC(=O)CCCCCCCC/C=C\C/C=C\C/C=C\CCCCC)OC(=O)CCCCCCC/C=C\C/C=C\CCC. The van der Waals surface area contributed by atoms with Crippen LogP contribution in [0.2, 0.25) is 0 Å². The van der Waals surface area contributed by atoms with Crippen LogP contribution in [0.15, 0.2) is 122 Å². The molecule has 0 heterocycles. The number of ether oxygens (including phenoxy) is 3. The number of esters is 3. The van der Waals surface area contributed by atoms with Gasteiger partial charge >= 0.3 is 33.6 Å². The molecule has 0 aliphatic rings. The summed E-state index contributed by atoms with van der Waals surface area (Å²) >= 11 is 0. The summed E-state index contributed by atoms with van der Waals surface area (Å²) in [6, 6.07) is 0. The van der Waals surface area contributed by atoms with Gasteiger partial charge in [0.2, 0.25) is 0 Å². The molecule has 5 unspecified atom stereocenters. The fourth-order valence-corrected chi connectivity index (χ4v) is 11.1. The number of phosphoric acid groups is 2. The molecule has 0 radical (unpaired) electrons. The van der Waals surface area contributed by atoms with Gasteiger partial charge < -0.3 is 34.2 Å². The zero-order valence-electron chi connectivity index (χ0n) is 59.3. The lowest BCUT2D eigenvalue weighted by Crippen LogP contribution is -2.30. The Kier molecular flexibility index (Phi) is 66.9. The van der Waals surface area contributed by atoms with Gasteiger partial charge in [-0.2, -0.15) is 0 Å². The van der Waals surface area contributed by atoms with Gasteiger partial charge in [0.25, 0.3) is 0 Å². The van der Waals surface area contributed by atoms with E-state index in [2.05, 4.69) is 142 Å². The molecular formula is C77H132O16P2. The first-order valence-electron chi connectivity index (χ1n) is 36.8. The first kappa shape index (κ1) is 91.0. The molecule has 0 saturated heterocycles. The number of rotatable bonds is 69. The van der Waals surface area contributed by atoms with Gasteiger partial charge in [0.1, 0.15) is 25.4 Å². The highest BCUT2D eigenvalue weighted by Crippen LogP contribution is 2.45. The molecule has 5 atom stereocenters. The van der Waals surface area contributed by atoms with Crippen LogP contribution in [0.4, 0.5) is 0 Å². The zero-order chi connectivity index (χ0) is 69.5. The van der Waals surface area contributed by atoms with E-state index in [1.165, 1.54) is 64.2 Å². The number of hydrogen-bond acceptors (Lipinski definition) is 14. The number of aliphatic hydroxyl groups is 2. The second-order valence-corrected chi connectivity index (χ2v) is 27.3. The normalized spacial score (nSPS) is 14.8. The van der Waals surface area contributed by atoms with Gasteiger partial charge in [-0.05, 0) is 128 Å². The highest BCUT2D eigenvalue weighted by atomic mass is 31.2. The Labute approximate surface area is 576 Å². The van der Waals surface area contributed by atoms with Gasteiger partial charge in [-0.1, -0.05) is 264 Å². The van der Waals surface area contributed by atoms with Crippen molar-refractivity contribution in [1.29, 1.82) is 0 Å². The highest BCUT2D eigenvalue weighted by Gasteiger charge is 2.29. The molecule has 0 amide bonds. The first-order chi connectivity index (χ1) is 46.2. The Morgan fingerprint density at radius 2 is 0.579 bits per heavy atom. The van der Waals surface area contributed by atoms with Crippen LogP contribution in [0.3, 0.4) is 0 Å². The third-order valence-electron chi connectivity index (χ3n) is 15.1. The molecule has 18 heteroatoms. The van der Waals surface area contributed by atoms with Crippen molar-refractivity contribution in [3.63, 3.8) is 0 Å². The largest absolute Gasteiger partial charge is 0.472 e. The predicted octanol–water partition coefficient (Wildman–Crippen LogP) is 21.0. The lowest BCUT2D eigenvalue weighted by molar-refractivity contribution is -0.161. The number of unbranched alkanes of at least 4 members (excludes halogenated alkanes) is 26. The summed E-state index contributed by atoms with van der Waals surface area (Å²) in [4.78, 5) is 58.5. The number of carbonyl (C=O) groups is 3. The maximum absolute atomic E-state index is 12.9. The second kappa shape index (κ2) is 69.8. The topological polar surface area (TPSA) is 231 Å². The average molecular weight is 1380 g/mol. The van der Waals surface area contributed by atoms with E-state index < -0.39 is 91.5 Å². The van der Waals surface area contributed by atoms with Crippen molar-refractivity contribution in [2.24, 2.45) is 0 Å². The first-order valence-corrected chi connectivity index (χ1v) is 39.8. The maximum atomic E-state index is 12.9. The van der Waals surface area contributed by atoms with E-state index in [0.717, 1.165) is 167 Å². The van der Waals surface area contributed by atoms with E-state index in [1.54, 1.807) is 0 Å². The van der Waals surface area contributed by atoms with Crippen LogP contribution in [0.25, 0.3) is 0 Å². The van der Waals surface area contributed by atoms with E-state index in [-0.39, 0.29) is 19.3 Å². The highest BCUT2D eigenvalue weighted by molar-refractivity contribution is 7.47. The number of phosphoric ester groups is 2. The van der Waals surface area contributed by atoms with Crippen molar-refractivity contribution >= 4 is 33.6 Å². The lowest BCUT2D eigenvalue weighted by atomic mass is 10.0. The second-order valence-electron chi connectivity index (χ2n) is 24.4. The summed E-state index contributed by atoms with van der Waals surface area (Å²) in [5.41, 5.74) is 0. The minimum Gasteiger partial charge on any atom is -0.463 e. The Morgan fingerprint density at radius 3 is 0.926 bits per heavy atom. The summed E-state index contributed by atoms with van der Waals surface area (Å²) in [7, 11) is -9.79. The van der Waals surface area contributed by atoms with Crippen LogP contribution in [-0.4, -0.2) is 95.9 Å². The molecule has 0 rings (SSSR count). The predicted molar refractivity (Wildman–Crippen MR) is 390 cm³/mol. The maximum Gasteiger partial charge on any atom is 0.472 e. The monoisotopic (exact) mass is 1370 g/mol. The van der Waals surface area contributed by atoms with Crippen molar-refractivity contribution in [2.45, 2.75) is 309 Å². The van der Waals surface area contributed by atoms with Crippen molar-refractivity contribution in [3.05, 3.63) is 122 Å². The molecule has 95 heavy (non-hydrogen) atoms. The fraction of sp³-hybridized carbons (Fsp3) is 0.701. The van der Waals surface area contributed by atoms with Gasteiger partial charge in [0.15, 0.2) is 6.10 Å². The molecule has 0 aromatic carbocycles. The molecule has 0 aliphatic carbocycles. The minimum atomic E-state index is -4.93. The molecule has 16 nitrogen and oxygen atoms in total. The van der Waals surface area contributed by atoms with Gasteiger partial charge in [-0.25, -0.2) is 9.13 Å².